The van der Waals surface area contributed by atoms with Gasteiger partial charge < -0.3 is 4.84 Å². The van der Waals surface area contributed by atoms with Crippen LogP contribution in [0.1, 0.15) is 19.3 Å². The highest BCUT2D eigenvalue weighted by atomic mass is 16.6. The van der Waals surface area contributed by atoms with Crippen LogP contribution in [0.25, 0.3) is 0 Å². The molecular formula is C8H11NO. The number of nitrogens with zero attached hydrogens (tertiary/aromatic N) is 1. The molecule has 1 fully saturated rings. The van der Waals surface area contributed by atoms with E-state index in [2.05, 4.69) is 21.8 Å². The lowest BCUT2D eigenvalue weighted by molar-refractivity contribution is 0.215. The fraction of sp³-hybridized carbons (Fsp3) is 0.625. The number of oxime groups is 1. The van der Waals surface area contributed by atoms with Gasteiger partial charge in [-0.2, -0.15) is 0 Å². The summed E-state index contributed by atoms with van der Waals surface area (Å²) in [7, 11) is 1.53. The van der Waals surface area contributed by atoms with Gasteiger partial charge >= 0.3 is 0 Å². The minimum Gasteiger partial charge on any atom is -0.399 e. The van der Waals surface area contributed by atoms with Crippen LogP contribution in [-0.2, 0) is 4.84 Å². The number of hydrogen-bond acceptors (Lipinski definition) is 2. The lowest BCUT2D eigenvalue weighted by atomic mass is 10.4. The molecule has 0 atom stereocenters. The van der Waals surface area contributed by atoms with E-state index in [4.69, 9.17) is 0 Å². The molecule has 54 valence electrons. The second kappa shape index (κ2) is 3.94. The molecule has 0 amide bonds. The molecule has 1 aliphatic carbocycles. The Morgan fingerprint density at radius 2 is 2.50 bits per heavy atom. The van der Waals surface area contributed by atoms with Crippen LogP contribution in [0.3, 0.4) is 0 Å². The summed E-state index contributed by atoms with van der Waals surface area (Å²) >= 11 is 0. The van der Waals surface area contributed by atoms with Gasteiger partial charge in [0.1, 0.15) is 7.11 Å². The van der Waals surface area contributed by atoms with Crippen LogP contribution in [0.5, 0.6) is 0 Å². The highest BCUT2D eigenvalue weighted by Crippen LogP contribution is 2.27. The third-order valence-electron chi connectivity index (χ3n) is 1.26. The Hall–Kier alpha value is -0.970. The van der Waals surface area contributed by atoms with Crippen LogP contribution in [0.15, 0.2) is 5.16 Å². The van der Waals surface area contributed by atoms with Crippen molar-refractivity contribution in [2.24, 2.45) is 11.1 Å². The zero-order valence-electron chi connectivity index (χ0n) is 6.13. The fourth-order valence-electron chi connectivity index (χ4n) is 0.588. The lowest BCUT2D eigenvalue weighted by Gasteiger charge is -1.80. The van der Waals surface area contributed by atoms with Gasteiger partial charge in [-0.25, -0.2) is 0 Å². The van der Waals surface area contributed by atoms with Crippen molar-refractivity contribution in [1.29, 1.82) is 0 Å². The topological polar surface area (TPSA) is 21.6 Å². The average Bonchev–Trinajstić information content (AvgIpc) is 2.71. The Bertz CT molecular complexity index is 171. The molecule has 2 nitrogen and oxygen atoms in total. The number of hydrogen-bond donors (Lipinski definition) is 0. The van der Waals surface area contributed by atoms with Gasteiger partial charge in [0.05, 0.1) is 6.21 Å². The molecule has 0 N–H and O–H groups in total. The van der Waals surface area contributed by atoms with E-state index >= 15 is 0 Å². The third kappa shape index (κ3) is 3.13. The third-order valence-corrected chi connectivity index (χ3v) is 1.26. The van der Waals surface area contributed by atoms with Crippen LogP contribution in [0.2, 0.25) is 0 Å². The second-order valence-corrected chi connectivity index (χ2v) is 2.27. The van der Waals surface area contributed by atoms with E-state index in [9.17, 15) is 0 Å². The van der Waals surface area contributed by atoms with Gasteiger partial charge in [-0.3, -0.25) is 0 Å². The molecule has 0 saturated heterocycles. The van der Waals surface area contributed by atoms with Crippen molar-refractivity contribution < 1.29 is 4.84 Å². The average molecular weight is 137 g/mol. The van der Waals surface area contributed by atoms with Crippen molar-refractivity contribution in [1.82, 2.24) is 0 Å². The summed E-state index contributed by atoms with van der Waals surface area (Å²) in [6.07, 6.45) is 4.96. The molecule has 0 spiro atoms. The second-order valence-electron chi connectivity index (χ2n) is 2.27. The zero-order chi connectivity index (χ0) is 7.23. The van der Waals surface area contributed by atoms with E-state index in [0.717, 1.165) is 0 Å². The highest BCUT2D eigenvalue weighted by Gasteiger charge is 2.17. The minimum atomic E-state index is 0.691. The van der Waals surface area contributed by atoms with Gasteiger partial charge in [0, 0.05) is 12.3 Å². The Labute approximate surface area is 61.3 Å². The van der Waals surface area contributed by atoms with E-state index < -0.39 is 0 Å². The van der Waals surface area contributed by atoms with Gasteiger partial charge in [0.2, 0.25) is 0 Å². The van der Waals surface area contributed by atoms with E-state index in [1.165, 1.54) is 20.0 Å². The first-order valence-corrected chi connectivity index (χ1v) is 3.47. The van der Waals surface area contributed by atoms with Gasteiger partial charge in [-0.1, -0.05) is 17.0 Å². The molecule has 0 aromatic heterocycles. The molecule has 1 aliphatic rings. The summed E-state index contributed by atoms with van der Waals surface area (Å²) in [6.45, 7) is 0. The summed E-state index contributed by atoms with van der Waals surface area (Å²) in [6, 6.07) is 0. The SMILES string of the molecule is CON=CCC#CC1CC1. The summed E-state index contributed by atoms with van der Waals surface area (Å²) in [4.78, 5) is 4.47. The van der Waals surface area contributed by atoms with Crippen molar-refractivity contribution in [3.63, 3.8) is 0 Å². The first kappa shape index (κ1) is 7.14. The molecular weight excluding hydrogens is 126 g/mol. The molecule has 0 unspecified atom stereocenters. The zero-order valence-corrected chi connectivity index (χ0v) is 6.13. The molecule has 2 heteroatoms. The van der Waals surface area contributed by atoms with Crippen molar-refractivity contribution >= 4 is 6.21 Å². The molecule has 0 radical (unpaired) electrons. The smallest absolute Gasteiger partial charge is 0.106 e. The van der Waals surface area contributed by atoms with Crippen LogP contribution < -0.4 is 0 Å². The van der Waals surface area contributed by atoms with Gasteiger partial charge in [0.15, 0.2) is 0 Å². The first-order chi connectivity index (χ1) is 4.93. The molecule has 0 aliphatic heterocycles. The van der Waals surface area contributed by atoms with E-state index in [1.54, 1.807) is 6.21 Å². The summed E-state index contributed by atoms with van der Waals surface area (Å²) in [5, 5.41) is 3.56. The van der Waals surface area contributed by atoms with Gasteiger partial charge in [0.25, 0.3) is 0 Å². The van der Waals surface area contributed by atoms with Crippen LogP contribution >= 0.6 is 0 Å². The molecule has 1 saturated carbocycles. The van der Waals surface area contributed by atoms with E-state index in [-0.39, 0.29) is 0 Å². The molecule has 0 aromatic rings. The fourth-order valence-corrected chi connectivity index (χ4v) is 0.588. The quantitative estimate of drug-likeness (QED) is 0.320. The molecule has 0 heterocycles. The minimum absolute atomic E-state index is 0.691. The monoisotopic (exact) mass is 137 g/mol. The Balaban J connectivity index is 2.04. The molecule has 1 rings (SSSR count). The van der Waals surface area contributed by atoms with Crippen LogP contribution in [-0.4, -0.2) is 13.3 Å². The van der Waals surface area contributed by atoms with Crippen molar-refractivity contribution in [3.05, 3.63) is 0 Å². The maximum Gasteiger partial charge on any atom is 0.106 e. The molecule has 0 bridgehead atoms. The van der Waals surface area contributed by atoms with Crippen LogP contribution in [0, 0.1) is 17.8 Å². The predicted molar refractivity (Wildman–Crippen MR) is 40.6 cm³/mol. The standard InChI is InChI=1S/C8H11NO/c1-10-9-7-3-2-4-8-5-6-8/h7-8H,3,5-6H2,1H3. The largest absolute Gasteiger partial charge is 0.399 e. The van der Waals surface area contributed by atoms with Crippen molar-refractivity contribution in [2.45, 2.75) is 19.3 Å². The van der Waals surface area contributed by atoms with Gasteiger partial charge in [-0.15, -0.1) is 0 Å². The maximum atomic E-state index is 4.47. The Morgan fingerprint density at radius 3 is 3.10 bits per heavy atom. The van der Waals surface area contributed by atoms with Crippen molar-refractivity contribution in [3.8, 4) is 11.8 Å². The summed E-state index contributed by atoms with van der Waals surface area (Å²) < 4.78 is 0. The van der Waals surface area contributed by atoms with Crippen LogP contribution in [0.4, 0.5) is 0 Å². The summed E-state index contributed by atoms with van der Waals surface area (Å²) in [5.41, 5.74) is 0. The highest BCUT2D eigenvalue weighted by molar-refractivity contribution is 5.60. The first-order valence-electron chi connectivity index (χ1n) is 3.47. The van der Waals surface area contributed by atoms with E-state index in [0.29, 0.717) is 12.3 Å². The molecule has 10 heavy (non-hydrogen) atoms. The summed E-state index contributed by atoms with van der Waals surface area (Å²) in [5.74, 6) is 6.81. The Morgan fingerprint density at radius 1 is 1.70 bits per heavy atom. The predicted octanol–water partition coefficient (Wildman–Crippen LogP) is 1.42. The number of rotatable bonds is 2. The maximum absolute atomic E-state index is 4.47. The lowest BCUT2D eigenvalue weighted by Crippen LogP contribution is -1.73. The van der Waals surface area contributed by atoms with Gasteiger partial charge in [-0.05, 0) is 12.8 Å². The van der Waals surface area contributed by atoms with Crippen molar-refractivity contribution in [2.75, 3.05) is 7.11 Å². The van der Waals surface area contributed by atoms with E-state index in [1.807, 2.05) is 0 Å². The normalized spacial score (nSPS) is 16.5. The molecule has 0 aromatic carbocycles. The Kier molecular flexibility index (Phi) is 2.82.